The topological polar surface area (TPSA) is 60.4 Å². The Hall–Kier alpha value is -1.07. The van der Waals surface area contributed by atoms with Crippen LogP contribution in [0.2, 0.25) is 5.02 Å². The first-order valence-corrected chi connectivity index (χ1v) is 9.24. The highest BCUT2D eigenvalue weighted by molar-refractivity contribution is 7.90. The minimum atomic E-state index is -3.17. The van der Waals surface area contributed by atoms with E-state index in [1.807, 2.05) is 0 Å². The van der Waals surface area contributed by atoms with Crippen molar-refractivity contribution in [3.05, 3.63) is 34.9 Å². The Balaban J connectivity index is 2.31. The molecule has 118 valence electrons. The SMILES string of the molecule is CCOC(=O)CCCCCS(=O)(=O)Cc1ccccc1Cl. The summed E-state index contributed by atoms with van der Waals surface area (Å²) < 4.78 is 28.8. The summed E-state index contributed by atoms with van der Waals surface area (Å²) in [6.07, 6.45) is 2.24. The number of sulfone groups is 1. The number of carbonyl (C=O) groups is 1. The summed E-state index contributed by atoms with van der Waals surface area (Å²) in [6.45, 7) is 2.14. The van der Waals surface area contributed by atoms with Crippen LogP contribution < -0.4 is 0 Å². The molecule has 0 unspecified atom stereocenters. The fraction of sp³-hybridized carbons (Fsp3) is 0.533. The zero-order valence-corrected chi connectivity index (χ0v) is 13.8. The maximum atomic E-state index is 12.0. The number of halogens is 1. The Kier molecular flexibility index (Phi) is 7.75. The number of carbonyl (C=O) groups excluding carboxylic acids is 1. The van der Waals surface area contributed by atoms with Crippen LogP contribution in [0.25, 0.3) is 0 Å². The highest BCUT2D eigenvalue weighted by Gasteiger charge is 2.13. The van der Waals surface area contributed by atoms with E-state index in [2.05, 4.69) is 0 Å². The monoisotopic (exact) mass is 332 g/mol. The van der Waals surface area contributed by atoms with Gasteiger partial charge in [-0.05, 0) is 31.4 Å². The summed E-state index contributed by atoms with van der Waals surface area (Å²) in [5.74, 6) is -0.151. The van der Waals surface area contributed by atoms with Crippen molar-refractivity contribution in [1.29, 1.82) is 0 Å². The van der Waals surface area contributed by atoms with Gasteiger partial charge in [-0.25, -0.2) is 8.42 Å². The first kappa shape index (κ1) is 18.0. The van der Waals surface area contributed by atoms with E-state index in [0.717, 1.165) is 0 Å². The van der Waals surface area contributed by atoms with E-state index in [0.29, 0.717) is 42.9 Å². The minimum Gasteiger partial charge on any atom is -0.466 e. The molecule has 0 amide bonds. The Labute approximate surface area is 131 Å². The standard InChI is InChI=1S/C15H21ClO4S/c1-2-20-15(17)10-4-3-7-11-21(18,19)12-13-8-5-6-9-14(13)16/h5-6,8-9H,2-4,7,10-12H2,1H3. The first-order valence-electron chi connectivity index (χ1n) is 7.04. The second kappa shape index (κ2) is 9.05. The lowest BCUT2D eigenvalue weighted by atomic mass is 10.2. The van der Waals surface area contributed by atoms with Crippen LogP contribution in [0.15, 0.2) is 24.3 Å². The quantitative estimate of drug-likeness (QED) is 0.514. The largest absolute Gasteiger partial charge is 0.466 e. The van der Waals surface area contributed by atoms with Gasteiger partial charge in [0.1, 0.15) is 0 Å². The zero-order valence-electron chi connectivity index (χ0n) is 12.2. The maximum Gasteiger partial charge on any atom is 0.305 e. The highest BCUT2D eigenvalue weighted by Crippen LogP contribution is 2.18. The van der Waals surface area contributed by atoms with Crippen LogP contribution in [-0.2, 0) is 25.1 Å². The van der Waals surface area contributed by atoms with Crippen molar-refractivity contribution < 1.29 is 17.9 Å². The second-order valence-corrected chi connectivity index (χ2v) is 7.39. The molecule has 1 aromatic rings. The predicted octanol–water partition coefficient (Wildman–Crippen LogP) is 3.38. The lowest BCUT2D eigenvalue weighted by Gasteiger charge is -2.06. The van der Waals surface area contributed by atoms with Gasteiger partial charge < -0.3 is 4.74 Å². The van der Waals surface area contributed by atoms with Crippen molar-refractivity contribution in [2.24, 2.45) is 0 Å². The van der Waals surface area contributed by atoms with Gasteiger partial charge in [0.15, 0.2) is 9.84 Å². The zero-order chi connectivity index (χ0) is 15.7. The summed E-state index contributed by atoms with van der Waals surface area (Å²) in [5, 5.41) is 0.475. The maximum absolute atomic E-state index is 12.0. The molecule has 0 heterocycles. The summed E-state index contributed by atoms with van der Waals surface area (Å²) in [4.78, 5) is 11.1. The fourth-order valence-corrected chi connectivity index (χ4v) is 3.72. The van der Waals surface area contributed by atoms with Gasteiger partial charge in [0.25, 0.3) is 0 Å². The Morgan fingerprint density at radius 1 is 1.19 bits per heavy atom. The molecule has 0 N–H and O–H groups in total. The number of benzene rings is 1. The van der Waals surface area contributed by atoms with Gasteiger partial charge in [-0.3, -0.25) is 4.79 Å². The molecule has 0 spiro atoms. The van der Waals surface area contributed by atoms with Gasteiger partial charge in [-0.2, -0.15) is 0 Å². The van der Waals surface area contributed by atoms with Gasteiger partial charge in [0.2, 0.25) is 0 Å². The van der Waals surface area contributed by atoms with Gasteiger partial charge in [-0.1, -0.05) is 36.2 Å². The Bertz CT molecular complexity index is 555. The molecule has 4 nitrogen and oxygen atoms in total. The van der Waals surface area contributed by atoms with Crippen molar-refractivity contribution in [3.63, 3.8) is 0 Å². The molecule has 0 bridgehead atoms. The van der Waals surface area contributed by atoms with E-state index in [1.54, 1.807) is 31.2 Å². The van der Waals surface area contributed by atoms with Crippen LogP contribution in [0.4, 0.5) is 0 Å². The lowest BCUT2D eigenvalue weighted by Crippen LogP contribution is -2.10. The molecule has 0 aromatic heterocycles. The number of rotatable bonds is 9. The van der Waals surface area contributed by atoms with E-state index in [9.17, 15) is 13.2 Å². The number of unbranched alkanes of at least 4 members (excludes halogenated alkanes) is 2. The minimum absolute atomic E-state index is 0.0372. The van der Waals surface area contributed by atoms with Crippen LogP contribution in [0.5, 0.6) is 0 Å². The normalized spacial score (nSPS) is 11.3. The Morgan fingerprint density at radius 3 is 2.57 bits per heavy atom. The molecule has 0 aliphatic heterocycles. The molecule has 0 saturated heterocycles. The number of hydrogen-bond acceptors (Lipinski definition) is 4. The molecule has 0 aliphatic carbocycles. The molecular formula is C15H21ClO4S. The first-order chi connectivity index (χ1) is 9.94. The molecule has 0 fully saturated rings. The summed E-state index contributed by atoms with van der Waals surface area (Å²) >= 11 is 5.96. The summed E-state index contributed by atoms with van der Waals surface area (Å²) in [5.41, 5.74) is 0.630. The van der Waals surface area contributed by atoms with Gasteiger partial charge in [0.05, 0.1) is 18.1 Å². The molecule has 0 radical (unpaired) electrons. The van der Waals surface area contributed by atoms with Gasteiger partial charge in [-0.15, -0.1) is 0 Å². The Morgan fingerprint density at radius 2 is 1.90 bits per heavy atom. The number of ether oxygens (including phenoxy) is 1. The third-order valence-corrected chi connectivity index (χ3v) is 5.01. The summed E-state index contributed by atoms with van der Waals surface area (Å²) in [6, 6.07) is 6.95. The van der Waals surface area contributed by atoms with E-state index in [4.69, 9.17) is 16.3 Å². The molecule has 0 atom stereocenters. The van der Waals surface area contributed by atoms with E-state index in [1.165, 1.54) is 0 Å². The molecule has 21 heavy (non-hydrogen) atoms. The van der Waals surface area contributed by atoms with Crippen LogP contribution >= 0.6 is 11.6 Å². The van der Waals surface area contributed by atoms with E-state index >= 15 is 0 Å². The van der Waals surface area contributed by atoms with E-state index in [-0.39, 0.29) is 17.5 Å². The molecule has 0 aliphatic rings. The molecule has 6 heteroatoms. The third-order valence-electron chi connectivity index (χ3n) is 2.97. The fourth-order valence-electron chi connectivity index (χ4n) is 1.93. The van der Waals surface area contributed by atoms with Crippen LogP contribution in [-0.4, -0.2) is 26.7 Å². The third kappa shape index (κ3) is 7.48. The van der Waals surface area contributed by atoms with Crippen molar-refractivity contribution in [1.82, 2.24) is 0 Å². The van der Waals surface area contributed by atoms with Crippen LogP contribution in [0, 0.1) is 0 Å². The molecule has 1 aromatic carbocycles. The molecule has 1 rings (SSSR count). The van der Waals surface area contributed by atoms with Crippen LogP contribution in [0.1, 0.15) is 38.2 Å². The van der Waals surface area contributed by atoms with Crippen molar-refractivity contribution in [3.8, 4) is 0 Å². The lowest BCUT2D eigenvalue weighted by molar-refractivity contribution is -0.143. The number of esters is 1. The highest BCUT2D eigenvalue weighted by atomic mass is 35.5. The molecular weight excluding hydrogens is 312 g/mol. The van der Waals surface area contributed by atoms with Crippen LogP contribution in [0.3, 0.4) is 0 Å². The van der Waals surface area contributed by atoms with Crippen molar-refractivity contribution in [2.45, 2.75) is 38.4 Å². The average molecular weight is 333 g/mol. The van der Waals surface area contributed by atoms with Crippen molar-refractivity contribution in [2.75, 3.05) is 12.4 Å². The predicted molar refractivity (Wildman–Crippen MR) is 84.0 cm³/mol. The second-order valence-electron chi connectivity index (χ2n) is 4.80. The van der Waals surface area contributed by atoms with Gasteiger partial charge in [0, 0.05) is 11.4 Å². The molecule has 0 saturated carbocycles. The smallest absolute Gasteiger partial charge is 0.305 e. The van der Waals surface area contributed by atoms with Gasteiger partial charge >= 0.3 is 5.97 Å². The summed E-state index contributed by atoms with van der Waals surface area (Å²) in [7, 11) is -3.17. The number of hydrogen-bond donors (Lipinski definition) is 0. The van der Waals surface area contributed by atoms with Crippen molar-refractivity contribution >= 4 is 27.4 Å². The van der Waals surface area contributed by atoms with E-state index < -0.39 is 9.84 Å². The average Bonchev–Trinajstić information content (AvgIpc) is 2.41.